The summed E-state index contributed by atoms with van der Waals surface area (Å²) in [6.45, 7) is 11.2. The topological polar surface area (TPSA) is 88.6 Å². The third-order valence-corrected chi connectivity index (χ3v) is 7.04. The van der Waals surface area contributed by atoms with Gasteiger partial charge >= 0.3 is 6.09 Å². The van der Waals surface area contributed by atoms with Gasteiger partial charge in [-0.05, 0) is 45.0 Å². The fourth-order valence-electron chi connectivity index (χ4n) is 3.42. The van der Waals surface area contributed by atoms with E-state index in [1.54, 1.807) is 29.2 Å². The Labute approximate surface area is 184 Å². The molecule has 1 amide bonds. The average Bonchev–Trinajstić information content (AvgIpc) is 2.74. The van der Waals surface area contributed by atoms with E-state index in [1.807, 2.05) is 20.8 Å². The number of benzene rings is 1. The molecule has 0 aromatic heterocycles. The molecule has 174 valence electrons. The van der Waals surface area contributed by atoms with Crippen LogP contribution in [0, 0.1) is 0 Å². The van der Waals surface area contributed by atoms with Gasteiger partial charge in [-0.1, -0.05) is 0 Å². The van der Waals surface area contributed by atoms with E-state index < -0.39 is 15.6 Å². The number of amides is 1. The number of morpholine rings is 1. The first-order valence-electron chi connectivity index (χ1n) is 10.7. The van der Waals surface area contributed by atoms with E-state index in [1.165, 1.54) is 4.31 Å². The largest absolute Gasteiger partial charge is 0.492 e. The highest BCUT2D eigenvalue weighted by atomic mass is 32.2. The van der Waals surface area contributed by atoms with Crippen molar-refractivity contribution in [2.45, 2.75) is 31.3 Å². The van der Waals surface area contributed by atoms with Gasteiger partial charge in [0.1, 0.15) is 18.0 Å². The molecule has 9 nitrogen and oxygen atoms in total. The maximum absolute atomic E-state index is 12.7. The van der Waals surface area contributed by atoms with Gasteiger partial charge in [0, 0.05) is 45.8 Å². The Hall–Kier alpha value is -1.88. The molecule has 10 heteroatoms. The van der Waals surface area contributed by atoms with Gasteiger partial charge in [0.05, 0.1) is 18.1 Å². The second-order valence-corrected chi connectivity index (χ2v) is 10.6. The quantitative estimate of drug-likeness (QED) is 0.644. The fraction of sp³-hybridized carbons (Fsp3) is 0.667. The van der Waals surface area contributed by atoms with Crippen molar-refractivity contribution in [1.29, 1.82) is 0 Å². The van der Waals surface area contributed by atoms with Crippen molar-refractivity contribution in [2.75, 3.05) is 65.6 Å². The molecular formula is C21H33N3O6S. The lowest BCUT2D eigenvalue weighted by molar-refractivity contribution is 0.0137. The van der Waals surface area contributed by atoms with E-state index in [0.29, 0.717) is 51.7 Å². The Kier molecular flexibility index (Phi) is 7.79. The Morgan fingerprint density at radius 3 is 2.19 bits per heavy atom. The van der Waals surface area contributed by atoms with Crippen molar-refractivity contribution in [3.8, 4) is 5.75 Å². The van der Waals surface area contributed by atoms with Gasteiger partial charge in [-0.2, -0.15) is 4.31 Å². The number of sulfonamides is 1. The minimum atomic E-state index is -3.49. The number of hydrogen-bond donors (Lipinski definition) is 0. The van der Waals surface area contributed by atoms with Crippen LogP contribution in [0.15, 0.2) is 29.2 Å². The van der Waals surface area contributed by atoms with Gasteiger partial charge in [0.2, 0.25) is 10.0 Å². The zero-order valence-electron chi connectivity index (χ0n) is 18.6. The number of ether oxygens (including phenoxy) is 3. The number of carbonyl (C=O) groups is 1. The summed E-state index contributed by atoms with van der Waals surface area (Å²) in [5.41, 5.74) is -0.487. The predicted octanol–water partition coefficient (Wildman–Crippen LogP) is 1.64. The van der Waals surface area contributed by atoms with Crippen molar-refractivity contribution in [2.24, 2.45) is 0 Å². The molecule has 31 heavy (non-hydrogen) atoms. The second kappa shape index (κ2) is 10.2. The van der Waals surface area contributed by atoms with Crippen LogP contribution in [-0.4, -0.2) is 99.9 Å². The van der Waals surface area contributed by atoms with Crippen LogP contribution in [0.25, 0.3) is 0 Å². The molecule has 2 heterocycles. The smallest absolute Gasteiger partial charge is 0.410 e. The summed E-state index contributed by atoms with van der Waals surface area (Å²) in [6.07, 6.45) is -0.268. The van der Waals surface area contributed by atoms with Crippen molar-refractivity contribution >= 4 is 16.1 Å². The van der Waals surface area contributed by atoms with Gasteiger partial charge in [-0.25, -0.2) is 13.2 Å². The van der Waals surface area contributed by atoms with E-state index >= 15 is 0 Å². The van der Waals surface area contributed by atoms with E-state index in [-0.39, 0.29) is 11.0 Å². The van der Waals surface area contributed by atoms with Crippen LogP contribution < -0.4 is 4.74 Å². The molecule has 2 aliphatic rings. The molecule has 2 fully saturated rings. The van der Waals surface area contributed by atoms with Gasteiger partial charge in [0.15, 0.2) is 0 Å². The van der Waals surface area contributed by atoms with E-state index in [4.69, 9.17) is 14.2 Å². The van der Waals surface area contributed by atoms with Crippen LogP contribution in [0.3, 0.4) is 0 Å². The fourth-order valence-corrected chi connectivity index (χ4v) is 4.82. The lowest BCUT2D eigenvalue weighted by Gasteiger charge is -2.35. The summed E-state index contributed by atoms with van der Waals surface area (Å²) in [6, 6.07) is 6.54. The van der Waals surface area contributed by atoms with Crippen LogP contribution in [0.5, 0.6) is 5.75 Å². The third kappa shape index (κ3) is 6.80. The second-order valence-electron chi connectivity index (χ2n) is 8.65. The maximum Gasteiger partial charge on any atom is 0.410 e. The summed E-state index contributed by atoms with van der Waals surface area (Å²) in [7, 11) is -3.49. The molecular weight excluding hydrogens is 422 g/mol. The molecule has 2 aliphatic heterocycles. The molecule has 0 unspecified atom stereocenters. The highest BCUT2D eigenvalue weighted by molar-refractivity contribution is 7.89. The Bertz CT molecular complexity index is 824. The third-order valence-electron chi connectivity index (χ3n) is 5.13. The zero-order valence-corrected chi connectivity index (χ0v) is 19.4. The molecule has 0 N–H and O–H groups in total. The normalized spacial score (nSPS) is 19.3. The van der Waals surface area contributed by atoms with Crippen molar-refractivity contribution in [3.63, 3.8) is 0 Å². The lowest BCUT2D eigenvalue weighted by atomic mass is 10.2. The van der Waals surface area contributed by atoms with Crippen LogP contribution in [0.4, 0.5) is 4.79 Å². The number of nitrogens with zero attached hydrogens (tertiary/aromatic N) is 3. The SMILES string of the molecule is CC(C)(C)OC(=O)N1CCN(CCOc2ccc(S(=O)(=O)N3CCOCC3)cc2)CC1. The van der Waals surface area contributed by atoms with Gasteiger partial charge in [0.25, 0.3) is 0 Å². The molecule has 0 atom stereocenters. The highest BCUT2D eigenvalue weighted by Gasteiger charge is 2.27. The first-order chi connectivity index (χ1) is 14.6. The Morgan fingerprint density at radius 1 is 1.00 bits per heavy atom. The summed E-state index contributed by atoms with van der Waals surface area (Å²) in [4.78, 5) is 16.4. The van der Waals surface area contributed by atoms with Gasteiger partial charge in [-0.3, -0.25) is 4.90 Å². The van der Waals surface area contributed by atoms with Crippen LogP contribution in [0.1, 0.15) is 20.8 Å². The first kappa shape index (κ1) is 23.8. The number of hydrogen-bond acceptors (Lipinski definition) is 7. The molecule has 1 aromatic rings. The Morgan fingerprint density at radius 2 is 1.61 bits per heavy atom. The van der Waals surface area contributed by atoms with Crippen molar-refractivity contribution < 1.29 is 27.4 Å². The Balaban J connectivity index is 1.41. The summed E-state index contributed by atoms with van der Waals surface area (Å²) in [5.74, 6) is 0.633. The lowest BCUT2D eigenvalue weighted by Crippen LogP contribution is -2.50. The van der Waals surface area contributed by atoms with Crippen LogP contribution in [0.2, 0.25) is 0 Å². The van der Waals surface area contributed by atoms with E-state index in [0.717, 1.165) is 19.6 Å². The summed E-state index contributed by atoms with van der Waals surface area (Å²) < 4.78 is 43.2. The molecule has 1 aromatic carbocycles. The van der Waals surface area contributed by atoms with Crippen LogP contribution in [-0.2, 0) is 19.5 Å². The molecule has 2 saturated heterocycles. The minimum Gasteiger partial charge on any atom is -0.492 e. The first-order valence-corrected chi connectivity index (χ1v) is 12.1. The zero-order chi connectivity index (χ0) is 22.5. The molecule has 3 rings (SSSR count). The standard InChI is InChI=1S/C21H33N3O6S/c1-21(2,3)30-20(25)23-10-8-22(9-11-23)12-17-29-18-4-6-19(7-5-18)31(26,27)24-13-15-28-16-14-24/h4-7H,8-17H2,1-3H3. The van der Waals surface area contributed by atoms with E-state index in [2.05, 4.69) is 4.90 Å². The maximum atomic E-state index is 12.7. The van der Waals surface area contributed by atoms with Crippen LogP contribution >= 0.6 is 0 Å². The molecule has 0 bridgehead atoms. The summed E-state index contributed by atoms with van der Waals surface area (Å²) >= 11 is 0. The van der Waals surface area contributed by atoms with Crippen molar-refractivity contribution in [1.82, 2.24) is 14.1 Å². The molecule has 0 saturated carbocycles. The monoisotopic (exact) mass is 455 g/mol. The molecule has 0 radical (unpaired) electrons. The van der Waals surface area contributed by atoms with Gasteiger partial charge < -0.3 is 19.1 Å². The predicted molar refractivity (Wildman–Crippen MR) is 116 cm³/mol. The number of piperazine rings is 1. The number of rotatable bonds is 6. The van der Waals surface area contributed by atoms with Crippen molar-refractivity contribution in [3.05, 3.63) is 24.3 Å². The molecule has 0 spiro atoms. The van der Waals surface area contributed by atoms with E-state index in [9.17, 15) is 13.2 Å². The summed E-state index contributed by atoms with van der Waals surface area (Å²) in [5, 5.41) is 0. The highest BCUT2D eigenvalue weighted by Crippen LogP contribution is 2.20. The van der Waals surface area contributed by atoms with Gasteiger partial charge in [-0.15, -0.1) is 0 Å². The average molecular weight is 456 g/mol. The number of carbonyl (C=O) groups excluding carboxylic acids is 1. The minimum absolute atomic E-state index is 0.264. The molecule has 0 aliphatic carbocycles.